The predicted molar refractivity (Wildman–Crippen MR) is 227 cm³/mol. The van der Waals surface area contributed by atoms with E-state index in [0.29, 0.717) is 0 Å². The smallest absolute Gasteiger partial charge is 0.0540 e. The average Bonchev–Trinajstić information content (AvgIpc) is 3.24. The average molecular weight is 674 g/mol. The Bertz CT molecular complexity index is 2830. The van der Waals surface area contributed by atoms with Crippen LogP contribution >= 0.6 is 0 Å². The molecule has 0 unspecified atom stereocenters. The highest BCUT2D eigenvalue weighted by molar-refractivity contribution is 6.22. The summed E-state index contributed by atoms with van der Waals surface area (Å²) in [4.78, 5) is 2.40. The van der Waals surface area contributed by atoms with Gasteiger partial charge in [-0.3, -0.25) is 0 Å². The molecule has 0 saturated heterocycles. The summed E-state index contributed by atoms with van der Waals surface area (Å²) in [7, 11) is 0. The predicted octanol–water partition coefficient (Wildman–Crippen LogP) is 14.8. The molecule has 1 nitrogen and oxygen atoms in total. The normalized spacial score (nSPS) is 11.4. The lowest BCUT2D eigenvalue weighted by Gasteiger charge is -2.28. The largest absolute Gasteiger partial charge is 0.310 e. The molecule has 0 aliphatic carbocycles. The first-order chi connectivity index (χ1) is 26.3. The Balaban J connectivity index is 1.18. The van der Waals surface area contributed by atoms with Crippen molar-refractivity contribution in [3.05, 3.63) is 212 Å². The molecule has 0 amide bonds. The van der Waals surface area contributed by atoms with Crippen molar-refractivity contribution in [3.8, 4) is 33.4 Å². The molecule has 0 bridgehead atoms. The number of benzene rings is 10. The van der Waals surface area contributed by atoms with Gasteiger partial charge in [0.15, 0.2) is 0 Å². The Hall–Kier alpha value is -6.96. The van der Waals surface area contributed by atoms with Crippen molar-refractivity contribution < 1.29 is 0 Å². The molecule has 0 fully saturated rings. The number of rotatable bonds is 6. The van der Waals surface area contributed by atoms with E-state index in [-0.39, 0.29) is 0 Å². The number of hydrogen-bond donors (Lipinski definition) is 0. The second kappa shape index (κ2) is 13.0. The monoisotopic (exact) mass is 673 g/mol. The Morgan fingerprint density at radius 1 is 0.245 bits per heavy atom. The molecule has 248 valence electrons. The Labute approximate surface area is 309 Å². The molecule has 0 heterocycles. The molecule has 0 aliphatic heterocycles. The van der Waals surface area contributed by atoms with Gasteiger partial charge >= 0.3 is 0 Å². The number of anilines is 3. The minimum Gasteiger partial charge on any atom is -0.310 e. The van der Waals surface area contributed by atoms with Gasteiger partial charge < -0.3 is 4.90 Å². The van der Waals surface area contributed by atoms with Crippen LogP contribution in [0.15, 0.2) is 212 Å². The number of fused-ring (bicyclic) bond motifs is 6. The lowest BCUT2D eigenvalue weighted by atomic mass is 9.88. The van der Waals surface area contributed by atoms with Gasteiger partial charge in [-0.25, -0.2) is 0 Å². The summed E-state index contributed by atoms with van der Waals surface area (Å²) in [5, 5.41) is 10.1. The molecule has 53 heavy (non-hydrogen) atoms. The number of hydrogen-bond acceptors (Lipinski definition) is 1. The summed E-state index contributed by atoms with van der Waals surface area (Å²) >= 11 is 0. The van der Waals surface area contributed by atoms with Gasteiger partial charge in [0.25, 0.3) is 0 Å². The molecule has 0 atom stereocenters. The third-order valence-corrected chi connectivity index (χ3v) is 10.7. The Morgan fingerprint density at radius 2 is 0.698 bits per heavy atom. The van der Waals surface area contributed by atoms with Crippen LogP contribution in [0.1, 0.15) is 0 Å². The van der Waals surface area contributed by atoms with E-state index in [1.807, 2.05) is 0 Å². The molecule has 0 radical (unpaired) electrons. The van der Waals surface area contributed by atoms with E-state index in [1.54, 1.807) is 0 Å². The zero-order chi connectivity index (χ0) is 35.1. The van der Waals surface area contributed by atoms with E-state index in [2.05, 4.69) is 217 Å². The zero-order valence-electron chi connectivity index (χ0n) is 29.2. The molecular weight excluding hydrogens is 639 g/mol. The van der Waals surface area contributed by atoms with Gasteiger partial charge in [0.1, 0.15) is 0 Å². The minimum absolute atomic E-state index is 1.11. The van der Waals surface area contributed by atoms with E-state index in [0.717, 1.165) is 17.1 Å². The zero-order valence-corrected chi connectivity index (χ0v) is 29.2. The number of nitrogens with zero attached hydrogens (tertiary/aromatic N) is 1. The fourth-order valence-corrected chi connectivity index (χ4v) is 8.09. The summed E-state index contributed by atoms with van der Waals surface area (Å²) < 4.78 is 0. The molecule has 10 rings (SSSR count). The second-order valence-corrected chi connectivity index (χ2v) is 13.7. The van der Waals surface area contributed by atoms with Gasteiger partial charge in [-0.1, -0.05) is 176 Å². The Morgan fingerprint density at radius 3 is 1.30 bits per heavy atom. The van der Waals surface area contributed by atoms with Gasteiger partial charge in [-0.15, -0.1) is 0 Å². The van der Waals surface area contributed by atoms with Gasteiger partial charge in [-0.2, -0.15) is 0 Å². The van der Waals surface area contributed by atoms with Gasteiger partial charge in [-0.05, 0) is 107 Å². The fraction of sp³-hybridized carbons (Fsp3) is 0. The maximum Gasteiger partial charge on any atom is 0.0540 e. The van der Waals surface area contributed by atoms with E-state index < -0.39 is 0 Å². The van der Waals surface area contributed by atoms with Crippen LogP contribution in [0.25, 0.3) is 76.5 Å². The maximum absolute atomic E-state index is 2.42. The fourth-order valence-electron chi connectivity index (χ4n) is 8.09. The summed E-state index contributed by atoms with van der Waals surface area (Å²) in [5.41, 5.74) is 10.7. The summed E-state index contributed by atoms with van der Waals surface area (Å²) in [6.45, 7) is 0. The van der Waals surface area contributed by atoms with Crippen molar-refractivity contribution in [1.29, 1.82) is 0 Å². The summed E-state index contributed by atoms with van der Waals surface area (Å²) in [5.74, 6) is 0. The van der Waals surface area contributed by atoms with E-state index in [4.69, 9.17) is 0 Å². The minimum atomic E-state index is 1.11. The third kappa shape index (κ3) is 5.42. The highest BCUT2D eigenvalue weighted by Gasteiger charge is 2.19. The van der Waals surface area contributed by atoms with E-state index in [9.17, 15) is 0 Å². The van der Waals surface area contributed by atoms with Crippen molar-refractivity contribution in [3.63, 3.8) is 0 Å². The van der Waals surface area contributed by atoms with Crippen LogP contribution in [0, 0.1) is 0 Å². The summed E-state index contributed by atoms with van der Waals surface area (Å²) in [6, 6.07) is 77.2. The molecule has 10 aromatic carbocycles. The second-order valence-electron chi connectivity index (χ2n) is 13.7. The van der Waals surface area contributed by atoms with Crippen molar-refractivity contribution in [2.75, 3.05) is 4.90 Å². The highest BCUT2D eigenvalue weighted by Crippen LogP contribution is 2.45. The van der Waals surface area contributed by atoms with Crippen LogP contribution in [-0.2, 0) is 0 Å². The molecule has 1 heteroatoms. The molecule has 10 aromatic rings. The van der Waals surface area contributed by atoms with Crippen molar-refractivity contribution in [1.82, 2.24) is 0 Å². The maximum atomic E-state index is 2.42. The van der Waals surface area contributed by atoms with Crippen molar-refractivity contribution >= 4 is 60.2 Å². The van der Waals surface area contributed by atoms with Crippen LogP contribution in [0.5, 0.6) is 0 Å². The third-order valence-electron chi connectivity index (χ3n) is 10.7. The molecule has 0 aromatic heterocycles. The molecular formula is C52H35N. The molecule has 0 N–H and O–H groups in total. The quantitative estimate of drug-likeness (QED) is 0.159. The first-order valence-corrected chi connectivity index (χ1v) is 18.3. The lowest BCUT2D eigenvalue weighted by Crippen LogP contribution is -2.10. The van der Waals surface area contributed by atoms with Crippen LogP contribution in [0.2, 0.25) is 0 Å². The van der Waals surface area contributed by atoms with Crippen LogP contribution in [0.3, 0.4) is 0 Å². The molecule has 0 aliphatic rings. The van der Waals surface area contributed by atoms with Gasteiger partial charge in [0.2, 0.25) is 0 Å². The summed E-state index contributed by atoms with van der Waals surface area (Å²) in [6.07, 6.45) is 0. The van der Waals surface area contributed by atoms with Crippen LogP contribution < -0.4 is 4.90 Å². The first kappa shape index (κ1) is 30.8. The molecule has 0 spiro atoms. The Kier molecular flexibility index (Phi) is 7.55. The van der Waals surface area contributed by atoms with E-state index in [1.165, 1.54) is 76.5 Å². The standard InChI is InChI=1S/C52H35N/c1-3-13-36(14-4-1)38-23-28-41(29-24-38)53(42-30-25-39(26-31-42)37-15-5-2-6-16-37)52-34-33-48(45-20-11-12-22-49(45)52)51-35-50-43-18-8-7-17-40(43)27-32-47(50)44-19-9-10-21-46(44)51/h1-35H. The van der Waals surface area contributed by atoms with Crippen molar-refractivity contribution in [2.24, 2.45) is 0 Å². The van der Waals surface area contributed by atoms with Gasteiger partial charge in [0.05, 0.1) is 5.69 Å². The van der Waals surface area contributed by atoms with Gasteiger partial charge in [0, 0.05) is 16.8 Å². The highest BCUT2D eigenvalue weighted by atomic mass is 15.1. The lowest BCUT2D eigenvalue weighted by molar-refractivity contribution is 1.30. The topological polar surface area (TPSA) is 3.24 Å². The van der Waals surface area contributed by atoms with Crippen LogP contribution in [-0.4, -0.2) is 0 Å². The SMILES string of the molecule is c1ccc(-c2ccc(N(c3ccc(-c4ccccc4)cc3)c3ccc(-c4cc5c6ccccc6ccc5c5ccccc45)c4ccccc34)cc2)cc1. The van der Waals surface area contributed by atoms with Crippen molar-refractivity contribution in [2.45, 2.75) is 0 Å². The first-order valence-electron chi connectivity index (χ1n) is 18.3. The van der Waals surface area contributed by atoms with E-state index >= 15 is 0 Å². The molecule has 0 saturated carbocycles. The van der Waals surface area contributed by atoms with Crippen LogP contribution in [0.4, 0.5) is 17.1 Å².